The van der Waals surface area contributed by atoms with Crippen molar-refractivity contribution >= 4 is 20.2 Å². The van der Waals surface area contributed by atoms with Gasteiger partial charge < -0.3 is 25.7 Å². The van der Waals surface area contributed by atoms with Crippen molar-refractivity contribution in [2.24, 2.45) is 0 Å². The molecule has 7 N–H and O–H groups in total. The van der Waals surface area contributed by atoms with Crippen LogP contribution in [0.1, 0.15) is 32.1 Å². The Morgan fingerprint density at radius 1 is 0.900 bits per heavy atom. The highest BCUT2D eigenvalue weighted by Gasteiger charge is 2.44. The number of nitrogens with one attached hydrogen (secondary N) is 1. The summed E-state index contributed by atoms with van der Waals surface area (Å²) in [5, 5.41) is 40.1. The van der Waals surface area contributed by atoms with Crippen LogP contribution in [0.3, 0.4) is 0 Å². The Balaban J connectivity index is 3.20. The maximum Gasteiger partial charge on any atom is 0.272 e. The third-order valence-electron chi connectivity index (χ3n) is 5.18. The molecule has 0 aromatic rings. The van der Waals surface area contributed by atoms with Gasteiger partial charge in [-0.3, -0.25) is 14.0 Å². The van der Waals surface area contributed by atoms with Gasteiger partial charge in [0.15, 0.2) is 0 Å². The van der Waals surface area contributed by atoms with Crippen molar-refractivity contribution in [2.45, 2.75) is 61.6 Å². The molecule has 1 saturated carbocycles. The van der Waals surface area contributed by atoms with Crippen LogP contribution in [-0.2, 0) is 20.2 Å². The Labute approximate surface area is 177 Å². The number of hydrogen-bond donors (Lipinski definition) is 7. The van der Waals surface area contributed by atoms with Crippen molar-refractivity contribution in [3.8, 4) is 0 Å². The molecule has 0 spiro atoms. The highest BCUT2D eigenvalue weighted by atomic mass is 32.2. The molecule has 12 nitrogen and oxygen atoms in total. The average molecular weight is 479 g/mol. The van der Waals surface area contributed by atoms with Gasteiger partial charge in [0.25, 0.3) is 20.2 Å². The third kappa shape index (κ3) is 9.80. The summed E-state index contributed by atoms with van der Waals surface area (Å²) >= 11 is 0. The lowest BCUT2D eigenvalue weighted by Gasteiger charge is -2.37. The summed E-state index contributed by atoms with van der Waals surface area (Å²) < 4.78 is 65.7. The fourth-order valence-electron chi connectivity index (χ4n) is 3.85. The lowest BCUT2D eigenvalue weighted by molar-refractivity contribution is 0.0520. The quantitative estimate of drug-likeness (QED) is 0.129. The molecule has 180 valence electrons. The molecule has 0 aromatic carbocycles. The molecule has 0 bridgehead atoms. The Kier molecular flexibility index (Phi) is 11.6. The summed E-state index contributed by atoms with van der Waals surface area (Å²) in [5.41, 5.74) is 0. The van der Waals surface area contributed by atoms with Gasteiger partial charge in [0.2, 0.25) is 0 Å². The van der Waals surface area contributed by atoms with Gasteiger partial charge in [-0.25, -0.2) is 0 Å². The minimum atomic E-state index is -4.99. The van der Waals surface area contributed by atoms with Crippen LogP contribution in [0.15, 0.2) is 0 Å². The molecule has 30 heavy (non-hydrogen) atoms. The van der Waals surface area contributed by atoms with Gasteiger partial charge in [0.05, 0.1) is 31.5 Å². The Hall–Kier alpha value is -0.420. The third-order valence-corrected chi connectivity index (χ3v) is 7.24. The Morgan fingerprint density at radius 2 is 1.43 bits per heavy atom. The summed E-state index contributed by atoms with van der Waals surface area (Å²) in [5.74, 6) is -1.19. The first-order valence-electron chi connectivity index (χ1n) is 9.86. The summed E-state index contributed by atoms with van der Waals surface area (Å²) in [4.78, 5) is 1.36. The molecule has 1 aliphatic carbocycles. The fraction of sp³-hybridized carbons (Fsp3) is 1.00. The molecule has 0 radical (unpaired) electrons. The Bertz CT molecular complexity index is 691. The average Bonchev–Trinajstić information content (AvgIpc) is 2.60. The van der Waals surface area contributed by atoms with E-state index in [9.17, 15) is 31.6 Å². The molecular weight excluding hydrogens is 444 g/mol. The molecule has 0 heterocycles. The largest absolute Gasteiger partial charge is 0.395 e. The number of nitrogens with zero attached hydrogens (tertiary/aromatic N) is 1. The van der Waals surface area contributed by atoms with Gasteiger partial charge in [-0.05, 0) is 12.8 Å². The molecule has 1 aliphatic rings. The standard InChI is InChI=1S/C16H34N2O10S2/c19-8-6-18(7-9-20)10-13(21)16(30(26,27)28)15(14(22)11-29(23,24)25)17-12-4-2-1-3-5-12/h12-17,19-22H,1-11H2,(H,23,24,25)(H,26,27,28). The maximum absolute atomic E-state index is 12.1. The van der Waals surface area contributed by atoms with Crippen LogP contribution in [0.2, 0.25) is 0 Å². The molecule has 0 saturated heterocycles. The highest BCUT2D eigenvalue weighted by molar-refractivity contribution is 7.86. The lowest BCUT2D eigenvalue weighted by atomic mass is 9.93. The summed E-state index contributed by atoms with van der Waals surface area (Å²) in [6.07, 6.45) is 0.160. The van der Waals surface area contributed by atoms with E-state index in [2.05, 4.69) is 5.32 Å². The van der Waals surface area contributed by atoms with E-state index in [1.807, 2.05) is 0 Å². The second-order valence-corrected chi connectivity index (χ2v) is 10.7. The molecule has 0 aromatic heterocycles. The van der Waals surface area contributed by atoms with Gasteiger partial charge in [-0.15, -0.1) is 0 Å². The number of aliphatic hydroxyl groups excluding tert-OH is 4. The predicted octanol–water partition coefficient (Wildman–Crippen LogP) is -2.57. The van der Waals surface area contributed by atoms with Crippen LogP contribution >= 0.6 is 0 Å². The monoisotopic (exact) mass is 478 g/mol. The molecule has 0 amide bonds. The Morgan fingerprint density at radius 3 is 1.87 bits per heavy atom. The molecule has 14 heteroatoms. The zero-order chi connectivity index (χ0) is 22.9. The van der Waals surface area contributed by atoms with Gasteiger partial charge in [0.1, 0.15) is 11.0 Å². The molecule has 1 fully saturated rings. The molecule has 1 rings (SSSR count). The van der Waals surface area contributed by atoms with E-state index < -0.39 is 49.5 Å². The van der Waals surface area contributed by atoms with E-state index in [0.717, 1.165) is 19.3 Å². The van der Waals surface area contributed by atoms with Gasteiger partial charge in [-0.1, -0.05) is 19.3 Å². The highest BCUT2D eigenvalue weighted by Crippen LogP contribution is 2.22. The molecule has 4 unspecified atom stereocenters. The normalized spacial score (nSPS) is 20.8. The van der Waals surface area contributed by atoms with E-state index in [1.165, 1.54) is 4.90 Å². The summed E-state index contributed by atoms with van der Waals surface area (Å²) in [7, 11) is -9.67. The number of aliphatic hydroxyl groups is 4. The minimum absolute atomic E-state index is 0.00408. The lowest BCUT2D eigenvalue weighted by Crippen LogP contribution is -2.61. The fourth-order valence-corrected chi connectivity index (χ4v) is 5.61. The van der Waals surface area contributed by atoms with Crippen LogP contribution < -0.4 is 5.32 Å². The zero-order valence-corrected chi connectivity index (χ0v) is 18.4. The van der Waals surface area contributed by atoms with E-state index in [1.54, 1.807) is 0 Å². The maximum atomic E-state index is 12.1. The van der Waals surface area contributed by atoms with Crippen LogP contribution in [0.25, 0.3) is 0 Å². The van der Waals surface area contributed by atoms with Crippen molar-refractivity contribution in [2.75, 3.05) is 38.6 Å². The van der Waals surface area contributed by atoms with Crippen molar-refractivity contribution in [3.63, 3.8) is 0 Å². The first-order chi connectivity index (χ1) is 13.9. The van der Waals surface area contributed by atoms with Gasteiger partial charge in [0, 0.05) is 25.7 Å². The second kappa shape index (κ2) is 12.6. The molecular formula is C16H34N2O10S2. The smallest absolute Gasteiger partial charge is 0.272 e. The van der Waals surface area contributed by atoms with E-state index in [0.29, 0.717) is 12.8 Å². The predicted molar refractivity (Wildman–Crippen MR) is 108 cm³/mol. The van der Waals surface area contributed by atoms with E-state index >= 15 is 0 Å². The SMILES string of the molecule is O=S(=O)(O)CC(O)C(NC1CCCCC1)C(C(O)CN(CCO)CCO)S(=O)(=O)O. The van der Waals surface area contributed by atoms with Gasteiger partial charge >= 0.3 is 0 Å². The van der Waals surface area contributed by atoms with Crippen molar-refractivity contribution in [3.05, 3.63) is 0 Å². The van der Waals surface area contributed by atoms with Crippen molar-refractivity contribution in [1.82, 2.24) is 10.2 Å². The number of rotatable bonds is 14. The second-order valence-electron chi connectivity index (χ2n) is 7.64. The van der Waals surface area contributed by atoms with Crippen LogP contribution in [0, 0.1) is 0 Å². The number of hydrogen-bond acceptors (Lipinski definition) is 10. The molecule has 4 atom stereocenters. The summed E-state index contributed by atoms with van der Waals surface area (Å²) in [6, 6.07) is -1.87. The minimum Gasteiger partial charge on any atom is -0.395 e. The van der Waals surface area contributed by atoms with Crippen LogP contribution in [-0.4, -0.2) is 119 Å². The van der Waals surface area contributed by atoms with E-state index in [-0.39, 0.29) is 38.9 Å². The zero-order valence-electron chi connectivity index (χ0n) is 16.7. The topological polar surface area (TPSA) is 205 Å². The summed E-state index contributed by atoms with van der Waals surface area (Å²) in [6.45, 7) is -1.04. The van der Waals surface area contributed by atoms with Crippen LogP contribution in [0.5, 0.6) is 0 Å². The van der Waals surface area contributed by atoms with Crippen molar-refractivity contribution < 1.29 is 46.4 Å². The first kappa shape index (κ1) is 27.6. The van der Waals surface area contributed by atoms with E-state index in [4.69, 9.17) is 14.8 Å². The molecule has 0 aliphatic heterocycles. The van der Waals surface area contributed by atoms with Gasteiger partial charge in [-0.2, -0.15) is 16.8 Å². The van der Waals surface area contributed by atoms with Crippen molar-refractivity contribution in [1.29, 1.82) is 0 Å². The van der Waals surface area contributed by atoms with Crippen LogP contribution in [0.4, 0.5) is 0 Å². The first-order valence-corrected chi connectivity index (χ1v) is 13.0.